The Morgan fingerprint density at radius 3 is 1.12 bits per heavy atom. The topological polar surface area (TPSA) is 56.8 Å². The van der Waals surface area contributed by atoms with Gasteiger partial charge in [-0.05, 0) is 36.4 Å². The smallest absolute Gasteiger partial charge is 0.407 e. The lowest BCUT2D eigenvalue weighted by atomic mass is 10.2. The average Bonchev–Trinajstić information content (AvgIpc) is 3.12. The first-order valence-electron chi connectivity index (χ1n) is 17.4. The molecule has 1 N–H and O–H groups in total. The molecule has 7 heteroatoms. The van der Waals surface area contributed by atoms with Crippen molar-refractivity contribution in [1.29, 1.82) is 0 Å². The van der Waals surface area contributed by atoms with E-state index in [9.17, 15) is 4.79 Å². The fourth-order valence-electron chi connectivity index (χ4n) is 7.04. The molecule has 0 heterocycles. The third-order valence-corrected chi connectivity index (χ3v) is 19.4. The highest BCUT2D eigenvalue weighted by Gasteiger charge is 2.52. The predicted molar refractivity (Wildman–Crippen MR) is 211 cm³/mol. The van der Waals surface area contributed by atoms with E-state index in [1.54, 1.807) is 0 Å². The molecular formula is C43H51NO4Si2. The Kier molecular flexibility index (Phi) is 12.0. The largest absolute Gasteiger partial charge is 0.445 e. The molecule has 5 rings (SSSR count). The van der Waals surface area contributed by atoms with E-state index in [1.807, 2.05) is 54.6 Å². The Balaban J connectivity index is 1.53. The molecule has 0 aliphatic carbocycles. The molecule has 0 saturated carbocycles. The lowest BCUT2D eigenvalue weighted by Gasteiger charge is -2.45. The minimum absolute atomic E-state index is 0.171. The van der Waals surface area contributed by atoms with Gasteiger partial charge in [-0.2, -0.15) is 0 Å². The Bertz CT molecular complexity index is 1570. The lowest BCUT2D eigenvalue weighted by molar-refractivity contribution is 0.120. The maximum absolute atomic E-state index is 13.5. The predicted octanol–water partition coefficient (Wildman–Crippen LogP) is 7.43. The second-order valence-electron chi connectivity index (χ2n) is 14.9. The number of hydrogen-bond acceptors (Lipinski definition) is 4. The Morgan fingerprint density at radius 1 is 0.520 bits per heavy atom. The highest BCUT2D eigenvalue weighted by atomic mass is 28.4. The number of amides is 1. The second-order valence-corrected chi connectivity index (χ2v) is 23.5. The summed E-state index contributed by atoms with van der Waals surface area (Å²) < 4.78 is 20.5. The number of nitrogens with one attached hydrogen (secondary N) is 1. The van der Waals surface area contributed by atoms with Gasteiger partial charge in [0.2, 0.25) is 0 Å². The van der Waals surface area contributed by atoms with Crippen LogP contribution in [0, 0.1) is 0 Å². The zero-order valence-corrected chi connectivity index (χ0v) is 32.3. The zero-order valence-electron chi connectivity index (χ0n) is 30.3. The maximum atomic E-state index is 13.5. The first-order chi connectivity index (χ1) is 24.0. The zero-order chi connectivity index (χ0) is 35.7. The van der Waals surface area contributed by atoms with E-state index in [0.717, 1.165) is 5.56 Å². The van der Waals surface area contributed by atoms with Crippen molar-refractivity contribution >= 4 is 43.5 Å². The highest BCUT2D eigenvalue weighted by molar-refractivity contribution is 7.00. The first-order valence-corrected chi connectivity index (χ1v) is 21.3. The molecule has 0 aliphatic heterocycles. The number of benzene rings is 5. The van der Waals surface area contributed by atoms with E-state index in [1.165, 1.54) is 20.7 Å². The van der Waals surface area contributed by atoms with Crippen molar-refractivity contribution in [2.45, 2.75) is 64.3 Å². The van der Waals surface area contributed by atoms with Gasteiger partial charge in [0, 0.05) is 0 Å². The number of carbonyl (C=O) groups is 1. The van der Waals surface area contributed by atoms with Gasteiger partial charge in [0.05, 0.1) is 19.3 Å². The molecule has 1 amide bonds. The third-order valence-electron chi connectivity index (χ3n) is 9.37. The summed E-state index contributed by atoms with van der Waals surface area (Å²) in [6.45, 7) is 14.2. The summed E-state index contributed by atoms with van der Waals surface area (Å²) in [4.78, 5) is 13.5. The van der Waals surface area contributed by atoms with Crippen LogP contribution in [0.3, 0.4) is 0 Å². The summed E-state index contributed by atoms with van der Waals surface area (Å²) in [7, 11) is -5.82. The normalized spacial score (nSPS) is 12.5. The summed E-state index contributed by atoms with van der Waals surface area (Å²) in [5, 5.41) is 7.43. The van der Waals surface area contributed by atoms with Crippen LogP contribution in [0.25, 0.3) is 0 Å². The van der Waals surface area contributed by atoms with Crippen molar-refractivity contribution in [2.24, 2.45) is 0 Å². The molecule has 0 bridgehead atoms. The minimum Gasteiger partial charge on any atom is -0.445 e. The van der Waals surface area contributed by atoms with Crippen LogP contribution in [0.5, 0.6) is 0 Å². The van der Waals surface area contributed by atoms with E-state index in [-0.39, 0.29) is 29.9 Å². The SMILES string of the molecule is CC(C)(C)[Si](OCC(CO[Si](c1ccccc1)(c1ccccc1)C(C)(C)C)NC(=O)OCc1ccccc1)(c1ccccc1)c1ccccc1. The Morgan fingerprint density at radius 2 is 0.820 bits per heavy atom. The van der Waals surface area contributed by atoms with Crippen LogP contribution in [0.1, 0.15) is 47.1 Å². The molecule has 5 nitrogen and oxygen atoms in total. The third kappa shape index (κ3) is 8.19. The van der Waals surface area contributed by atoms with Crippen LogP contribution in [0.15, 0.2) is 152 Å². The van der Waals surface area contributed by atoms with Gasteiger partial charge >= 0.3 is 6.09 Å². The van der Waals surface area contributed by atoms with Crippen molar-refractivity contribution in [3.05, 3.63) is 157 Å². The number of alkyl carbamates (subject to hydrolysis) is 1. The van der Waals surface area contributed by atoms with E-state index in [2.05, 4.69) is 144 Å². The monoisotopic (exact) mass is 701 g/mol. The van der Waals surface area contributed by atoms with E-state index in [4.69, 9.17) is 13.6 Å². The average molecular weight is 702 g/mol. The van der Waals surface area contributed by atoms with Crippen LogP contribution in [-0.4, -0.2) is 42.0 Å². The maximum Gasteiger partial charge on any atom is 0.407 e. The van der Waals surface area contributed by atoms with Crippen molar-refractivity contribution in [3.63, 3.8) is 0 Å². The Labute approximate surface area is 300 Å². The molecule has 0 fully saturated rings. The molecule has 0 aromatic heterocycles. The number of rotatable bonds is 13. The molecule has 260 valence electrons. The van der Waals surface area contributed by atoms with Gasteiger partial charge in [0.15, 0.2) is 0 Å². The van der Waals surface area contributed by atoms with Crippen molar-refractivity contribution in [2.75, 3.05) is 13.2 Å². The van der Waals surface area contributed by atoms with Gasteiger partial charge < -0.3 is 18.9 Å². The van der Waals surface area contributed by atoms with Gasteiger partial charge in [-0.3, -0.25) is 0 Å². The van der Waals surface area contributed by atoms with Crippen molar-refractivity contribution in [1.82, 2.24) is 5.32 Å². The van der Waals surface area contributed by atoms with Crippen molar-refractivity contribution < 1.29 is 18.4 Å². The van der Waals surface area contributed by atoms with Gasteiger partial charge in [-0.15, -0.1) is 0 Å². The molecule has 0 radical (unpaired) electrons. The fraction of sp³-hybridized carbons (Fsp3) is 0.279. The summed E-state index contributed by atoms with van der Waals surface area (Å²) in [5.74, 6) is 0. The van der Waals surface area contributed by atoms with E-state index >= 15 is 0 Å². The molecule has 0 aliphatic rings. The molecule has 0 spiro atoms. The molecule has 0 unspecified atom stereocenters. The Hall–Kier alpha value is -4.28. The minimum atomic E-state index is -2.91. The summed E-state index contributed by atoms with van der Waals surface area (Å²) in [6, 6.07) is 51.5. The van der Waals surface area contributed by atoms with E-state index < -0.39 is 28.8 Å². The van der Waals surface area contributed by atoms with Crippen LogP contribution in [-0.2, 0) is 20.2 Å². The second kappa shape index (κ2) is 16.2. The van der Waals surface area contributed by atoms with Crippen molar-refractivity contribution in [3.8, 4) is 0 Å². The quantitative estimate of drug-likeness (QED) is 0.130. The molecular weight excluding hydrogens is 651 g/mol. The highest BCUT2D eigenvalue weighted by Crippen LogP contribution is 2.38. The number of hydrogen-bond donors (Lipinski definition) is 1. The molecule has 5 aromatic rings. The van der Waals surface area contributed by atoms with E-state index in [0.29, 0.717) is 0 Å². The lowest BCUT2D eigenvalue weighted by Crippen LogP contribution is -2.69. The van der Waals surface area contributed by atoms with Crippen LogP contribution >= 0.6 is 0 Å². The first kappa shape index (κ1) is 37.0. The fourth-order valence-corrected chi connectivity index (χ4v) is 16.3. The molecule has 0 atom stereocenters. The standard InChI is InChI=1S/C43H51NO4Si2/c1-42(2,3)49(37-24-14-8-15-25-37,38-26-16-9-17-27-38)47-33-36(44-41(45)46-32-35-22-12-7-13-23-35)34-48-50(43(4,5)6,39-28-18-10-19-29-39)40-30-20-11-21-31-40/h7-31,36H,32-34H2,1-6H3,(H,44,45). The van der Waals surface area contributed by atoms with Gasteiger partial charge in [-0.25, -0.2) is 4.79 Å². The molecule has 5 aromatic carbocycles. The van der Waals surface area contributed by atoms with Gasteiger partial charge in [0.1, 0.15) is 6.61 Å². The molecule has 50 heavy (non-hydrogen) atoms. The van der Waals surface area contributed by atoms with Gasteiger partial charge in [-0.1, -0.05) is 193 Å². The van der Waals surface area contributed by atoms with Crippen LogP contribution in [0.4, 0.5) is 4.79 Å². The summed E-state index contributed by atoms with van der Waals surface area (Å²) >= 11 is 0. The van der Waals surface area contributed by atoms with Gasteiger partial charge in [0.25, 0.3) is 16.6 Å². The molecule has 0 saturated heterocycles. The summed E-state index contributed by atoms with van der Waals surface area (Å²) in [5.41, 5.74) is 0.923. The number of ether oxygens (including phenoxy) is 1. The van der Waals surface area contributed by atoms with Crippen LogP contribution in [0.2, 0.25) is 10.1 Å². The van der Waals surface area contributed by atoms with Crippen LogP contribution < -0.4 is 26.1 Å². The summed E-state index contributed by atoms with van der Waals surface area (Å²) in [6.07, 6.45) is -0.504. The number of carbonyl (C=O) groups excluding carboxylic acids is 1.